The molecular formula is C24H22N4O3. The van der Waals surface area contributed by atoms with E-state index in [0.717, 1.165) is 34.8 Å². The lowest BCUT2D eigenvalue weighted by molar-refractivity contribution is -0.136. The third-order valence-corrected chi connectivity index (χ3v) is 5.93. The molecule has 0 saturated carbocycles. The van der Waals surface area contributed by atoms with Crippen LogP contribution >= 0.6 is 0 Å². The van der Waals surface area contributed by atoms with Crippen LogP contribution in [0.5, 0.6) is 0 Å². The summed E-state index contributed by atoms with van der Waals surface area (Å²) in [7, 11) is 0. The second-order valence-corrected chi connectivity index (χ2v) is 7.89. The van der Waals surface area contributed by atoms with Gasteiger partial charge in [-0.05, 0) is 42.7 Å². The Hall–Kier alpha value is -3.74. The fourth-order valence-electron chi connectivity index (χ4n) is 4.30. The third kappa shape index (κ3) is 3.32. The summed E-state index contributed by atoms with van der Waals surface area (Å²) in [6.07, 6.45) is 3.46. The first kappa shape index (κ1) is 19.2. The summed E-state index contributed by atoms with van der Waals surface area (Å²) in [6.45, 7) is 2.42. The predicted molar refractivity (Wildman–Crippen MR) is 114 cm³/mol. The molecule has 1 atom stereocenters. The number of aryl methyl sites for hydroxylation is 1. The number of carbonyl (C=O) groups is 3. The van der Waals surface area contributed by atoms with E-state index in [1.807, 2.05) is 54.7 Å². The van der Waals surface area contributed by atoms with Crippen LogP contribution < -0.4 is 5.32 Å². The highest BCUT2D eigenvalue weighted by Crippen LogP contribution is 2.32. The van der Waals surface area contributed by atoms with Crippen LogP contribution in [0.25, 0.3) is 17.1 Å². The summed E-state index contributed by atoms with van der Waals surface area (Å²) in [5.41, 5.74) is 4.39. The maximum Gasteiger partial charge on any atom is 0.255 e. The van der Waals surface area contributed by atoms with Gasteiger partial charge in [0, 0.05) is 36.0 Å². The molecule has 1 saturated heterocycles. The number of nitrogens with one attached hydrogen (secondary N) is 1. The maximum atomic E-state index is 12.9. The average molecular weight is 414 g/mol. The van der Waals surface area contributed by atoms with Crippen LogP contribution in [-0.4, -0.2) is 38.2 Å². The van der Waals surface area contributed by atoms with Gasteiger partial charge in [0.25, 0.3) is 5.91 Å². The quantitative estimate of drug-likeness (QED) is 0.666. The summed E-state index contributed by atoms with van der Waals surface area (Å²) in [5.74, 6) is -0.0357. The Labute approximate surface area is 179 Å². The van der Waals surface area contributed by atoms with Crippen molar-refractivity contribution in [3.8, 4) is 17.1 Å². The molecule has 7 heteroatoms. The molecular weight excluding hydrogens is 392 g/mol. The topological polar surface area (TPSA) is 84.3 Å². The van der Waals surface area contributed by atoms with Crippen LogP contribution in [0.15, 0.2) is 54.7 Å². The number of imidazole rings is 1. The monoisotopic (exact) mass is 414 g/mol. The van der Waals surface area contributed by atoms with E-state index in [0.29, 0.717) is 18.5 Å². The van der Waals surface area contributed by atoms with Gasteiger partial charge in [0.1, 0.15) is 11.9 Å². The Morgan fingerprint density at radius 2 is 1.90 bits per heavy atom. The molecule has 0 aliphatic carbocycles. The molecule has 1 aromatic heterocycles. The van der Waals surface area contributed by atoms with E-state index in [9.17, 15) is 14.4 Å². The number of para-hydroxylation sites is 1. The number of hydrogen-bond donors (Lipinski definition) is 1. The Bertz CT molecular complexity index is 1200. The molecule has 31 heavy (non-hydrogen) atoms. The van der Waals surface area contributed by atoms with E-state index in [1.54, 1.807) is 4.90 Å². The number of amides is 3. The number of nitrogens with zero attached hydrogens (tertiary/aromatic N) is 3. The molecule has 2 aliphatic rings. The molecule has 1 unspecified atom stereocenters. The normalized spacial score (nSPS) is 18.3. The van der Waals surface area contributed by atoms with Crippen molar-refractivity contribution in [2.75, 3.05) is 0 Å². The highest BCUT2D eigenvalue weighted by Gasteiger charge is 2.39. The fourth-order valence-corrected chi connectivity index (χ4v) is 4.30. The second-order valence-electron chi connectivity index (χ2n) is 7.89. The molecule has 3 aromatic rings. The van der Waals surface area contributed by atoms with Crippen LogP contribution in [0.3, 0.4) is 0 Å². The van der Waals surface area contributed by atoms with Crippen molar-refractivity contribution in [1.29, 1.82) is 0 Å². The lowest BCUT2D eigenvalue weighted by Gasteiger charge is -2.29. The zero-order valence-corrected chi connectivity index (χ0v) is 17.2. The number of hydrogen-bond acceptors (Lipinski definition) is 4. The van der Waals surface area contributed by atoms with Crippen molar-refractivity contribution in [3.05, 3.63) is 71.5 Å². The van der Waals surface area contributed by atoms with Gasteiger partial charge < -0.3 is 4.90 Å². The molecule has 7 nitrogen and oxygen atoms in total. The van der Waals surface area contributed by atoms with Gasteiger partial charge in [-0.25, -0.2) is 4.98 Å². The standard InChI is InChI=1S/C24H22N4O3/c1-2-17-14-27(18-6-4-3-5-7-18)22(25-17)15-8-9-19-16(12-15)13-28(24(19)31)20-10-11-21(29)26-23(20)30/h3-9,12,14,20H,2,10-11,13H2,1H3,(H,26,29,30). The van der Waals surface area contributed by atoms with E-state index in [1.165, 1.54) is 0 Å². The maximum absolute atomic E-state index is 12.9. The van der Waals surface area contributed by atoms with Gasteiger partial charge in [-0.3, -0.25) is 24.3 Å². The molecule has 3 heterocycles. The number of benzene rings is 2. The summed E-state index contributed by atoms with van der Waals surface area (Å²) in [6, 6.07) is 15.1. The lowest BCUT2D eigenvalue weighted by Crippen LogP contribution is -2.52. The van der Waals surface area contributed by atoms with Crippen LogP contribution in [0.1, 0.15) is 41.4 Å². The summed E-state index contributed by atoms with van der Waals surface area (Å²) in [4.78, 5) is 43.1. The zero-order valence-electron chi connectivity index (χ0n) is 17.2. The molecule has 0 bridgehead atoms. The fraction of sp³-hybridized carbons (Fsp3) is 0.250. The number of fused-ring (bicyclic) bond motifs is 1. The van der Waals surface area contributed by atoms with Crippen molar-refractivity contribution >= 4 is 17.7 Å². The Kier molecular flexibility index (Phi) is 4.66. The van der Waals surface area contributed by atoms with E-state index in [2.05, 4.69) is 16.8 Å². The molecule has 156 valence electrons. The first-order valence-electron chi connectivity index (χ1n) is 10.5. The third-order valence-electron chi connectivity index (χ3n) is 5.93. The van der Waals surface area contributed by atoms with Gasteiger partial charge in [-0.2, -0.15) is 0 Å². The number of aromatic nitrogens is 2. The predicted octanol–water partition coefficient (Wildman–Crippen LogP) is 2.86. The van der Waals surface area contributed by atoms with Crippen molar-refractivity contribution in [2.24, 2.45) is 0 Å². The van der Waals surface area contributed by atoms with E-state index >= 15 is 0 Å². The van der Waals surface area contributed by atoms with E-state index in [-0.39, 0.29) is 18.2 Å². The van der Waals surface area contributed by atoms with Crippen molar-refractivity contribution in [1.82, 2.24) is 19.8 Å². The van der Waals surface area contributed by atoms with Gasteiger partial charge in [0.05, 0.1) is 5.69 Å². The molecule has 3 amide bonds. The average Bonchev–Trinajstić information content (AvgIpc) is 3.36. The summed E-state index contributed by atoms with van der Waals surface area (Å²) < 4.78 is 2.06. The van der Waals surface area contributed by atoms with Gasteiger partial charge in [-0.1, -0.05) is 31.2 Å². The molecule has 2 aromatic carbocycles. The minimum atomic E-state index is -0.612. The number of carbonyl (C=O) groups excluding carboxylic acids is 3. The van der Waals surface area contributed by atoms with E-state index < -0.39 is 11.9 Å². The van der Waals surface area contributed by atoms with Crippen molar-refractivity contribution < 1.29 is 14.4 Å². The largest absolute Gasteiger partial charge is 0.322 e. The number of rotatable bonds is 4. The van der Waals surface area contributed by atoms with E-state index in [4.69, 9.17) is 4.98 Å². The first-order chi connectivity index (χ1) is 15.0. The summed E-state index contributed by atoms with van der Waals surface area (Å²) in [5, 5.41) is 2.34. The smallest absolute Gasteiger partial charge is 0.255 e. The Balaban J connectivity index is 1.50. The van der Waals surface area contributed by atoms with Gasteiger partial charge >= 0.3 is 0 Å². The van der Waals surface area contributed by atoms with Crippen LogP contribution in [-0.2, 0) is 22.6 Å². The highest BCUT2D eigenvalue weighted by molar-refractivity contribution is 6.05. The Morgan fingerprint density at radius 3 is 2.65 bits per heavy atom. The minimum absolute atomic E-state index is 0.170. The highest BCUT2D eigenvalue weighted by atomic mass is 16.2. The van der Waals surface area contributed by atoms with Gasteiger partial charge in [0.2, 0.25) is 11.8 Å². The number of piperidine rings is 1. The molecule has 5 rings (SSSR count). The second kappa shape index (κ2) is 7.50. The SMILES string of the molecule is CCc1cn(-c2ccccc2)c(-c2ccc3c(c2)CN(C2CCC(=O)NC2=O)C3=O)n1. The molecule has 0 radical (unpaired) electrons. The van der Waals surface area contributed by atoms with Crippen molar-refractivity contribution in [3.63, 3.8) is 0 Å². The Morgan fingerprint density at radius 1 is 1.10 bits per heavy atom. The lowest BCUT2D eigenvalue weighted by atomic mass is 10.0. The van der Waals surface area contributed by atoms with Crippen LogP contribution in [0, 0.1) is 0 Å². The first-order valence-corrected chi connectivity index (χ1v) is 10.5. The van der Waals surface area contributed by atoms with Gasteiger partial charge in [-0.15, -0.1) is 0 Å². The van der Waals surface area contributed by atoms with Crippen molar-refractivity contribution in [2.45, 2.75) is 38.8 Å². The van der Waals surface area contributed by atoms with Gasteiger partial charge in [0.15, 0.2) is 0 Å². The molecule has 0 spiro atoms. The minimum Gasteiger partial charge on any atom is -0.322 e. The molecule has 1 N–H and O–H groups in total. The molecule has 2 aliphatic heterocycles. The van der Waals surface area contributed by atoms with Crippen LogP contribution in [0.2, 0.25) is 0 Å². The summed E-state index contributed by atoms with van der Waals surface area (Å²) >= 11 is 0. The zero-order chi connectivity index (χ0) is 21.5. The number of imide groups is 1. The molecule has 1 fully saturated rings. The van der Waals surface area contributed by atoms with Crippen LogP contribution in [0.4, 0.5) is 0 Å².